The molecule has 2 N–H and O–H groups in total. The van der Waals surface area contributed by atoms with E-state index in [0.29, 0.717) is 18.9 Å². The molecular formula is C13H11F3N2O2. The summed E-state index contributed by atoms with van der Waals surface area (Å²) in [6.07, 6.45) is 1.92. The quantitative estimate of drug-likeness (QED) is 0.818. The molecule has 7 heteroatoms. The molecule has 2 rings (SSSR count). The molecule has 0 saturated heterocycles. The number of nitrogens with one attached hydrogen (secondary N) is 1. The van der Waals surface area contributed by atoms with Gasteiger partial charge in [-0.2, -0.15) is 9.65 Å². The fourth-order valence-corrected chi connectivity index (χ4v) is 2.29. The minimum absolute atomic E-state index is 0.385. The lowest BCUT2D eigenvalue weighted by Gasteiger charge is -2.16. The van der Waals surface area contributed by atoms with Crippen LogP contribution < -0.4 is 5.32 Å². The number of nitriles is 1. The molecule has 1 aliphatic rings. The first kappa shape index (κ1) is 14.2. The summed E-state index contributed by atoms with van der Waals surface area (Å²) in [5, 5.41) is 20.3. The number of hydrogen-bond acceptors (Lipinski definition) is 3. The van der Waals surface area contributed by atoms with Crippen LogP contribution in [0, 0.1) is 34.7 Å². The summed E-state index contributed by atoms with van der Waals surface area (Å²) in [7, 11) is 0. The summed E-state index contributed by atoms with van der Waals surface area (Å²) >= 11 is 0. The fourth-order valence-electron chi connectivity index (χ4n) is 2.29. The molecule has 0 spiro atoms. The monoisotopic (exact) mass is 284 g/mol. The zero-order chi connectivity index (χ0) is 14.9. The van der Waals surface area contributed by atoms with Crippen LogP contribution in [0.2, 0.25) is 0 Å². The molecule has 0 aliphatic heterocycles. The number of halogens is 3. The molecule has 0 radical (unpaired) electrons. The maximum absolute atomic E-state index is 13.6. The van der Waals surface area contributed by atoms with Gasteiger partial charge in [-0.25, -0.2) is 8.78 Å². The predicted octanol–water partition coefficient (Wildman–Crippen LogP) is 2.23. The number of aromatic hydroxyl groups is 1. The molecule has 1 fully saturated rings. The summed E-state index contributed by atoms with van der Waals surface area (Å²) in [6.45, 7) is 0. The highest BCUT2D eigenvalue weighted by atomic mass is 19.2. The molecule has 1 aromatic rings. The van der Waals surface area contributed by atoms with Crippen LogP contribution in [0.4, 0.5) is 13.2 Å². The van der Waals surface area contributed by atoms with Gasteiger partial charge in [0.2, 0.25) is 5.82 Å². The van der Waals surface area contributed by atoms with Gasteiger partial charge in [-0.05, 0) is 25.3 Å². The van der Waals surface area contributed by atoms with Crippen LogP contribution in [0.1, 0.15) is 29.6 Å². The molecular weight excluding hydrogens is 273 g/mol. The Hall–Kier alpha value is -2.23. The Morgan fingerprint density at radius 3 is 2.70 bits per heavy atom. The van der Waals surface area contributed by atoms with Crippen molar-refractivity contribution >= 4 is 5.91 Å². The largest absolute Gasteiger partial charge is 0.503 e. The Bertz CT molecular complexity index is 598. The first-order valence-electron chi connectivity index (χ1n) is 6.02. The van der Waals surface area contributed by atoms with E-state index >= 15 is 0 Å². The number of carbonyl (C=O) groups is 1. The maximum atomic E-state index is 13.6. The number of carbonyl (C=O) groups excluding carboxylic acids is 1. The third-order valence-corrected chi connectivity index (χ3v) is 3.38. The van der Waals surface area contributed by atoms with Crippen LogP contribution in [0.3, 0.4) is 0 Å². The first-order valence-corrected chi connectivity index (χ1v) is 6.02. The summed E-state index contributed by atoms with van der Waals surface area (Å²) in [4.78, 5) is 11.8. The third kappa shape index (κ3) is 2.41. The summed E-state index contributed by atoms with van der Waals surface area (Å²) < 4.78 is 39.6. The topological polar surface area (TPSA) is 73.1 Å². The summed E-state index contributed by atoms with van der Waals surface area (Å²) in [5.74, 6) is -7.68. The van der Waals surface area contributed by atoms with Crippen molar-refractivity contribution in [2.45, 2.75) is 25.3 Å². The fraction of sp³-hybridized carbons (Fsp3) is 0.385. The zero-order valence-electron chi connectivity index (χ0n) is 10.3. The van der Waals surface area contributed by atoms with Gasteiger partial charge in [0.25, 0.3) is 5.91 Å². The number of rotatable bonds is 2. The van der Waals surface area contributed by atoms with E-state index in [1.54, 1.807) is 0 Å². The molecule has 2 atom stereocenters. The van der Waals surface area contributed by atoms with Crippen molar-refractivity contribution in [2.75, 3.05) is 0 Å². The lowest BCUT2D eigenvalue weighted by Crippen LogP contribution is -2.37. The van der Waals surface area contributed by atoms with Gasteiger partial charge < -0.3 is 10.4 Å². The van der Waals surface area contributed by atoms with E-state index in [2.05, 4.69) is 5.32 Å². The number of hydrogen-bond donors (Lipinski definition) is 2. The second-order valence-corrected chi connectivity index (χ2v) is 4.63. The van der Waals surface area contributed by atoms with Gasteiger partial charge >= 0.3 is 0 Å². The van der Waals surface area contributed by atoms with E-state index in [1.165, 1.54) is 0 Å². The Morgan fingerprint density at radius 2 is 2.05 bits per heavy atom. The molecule has 1 amide bonds. The minimum atomic E-state index is -1.74. The molecule has 2 unspecified atom stereocenters. The highest BCUT2D eigenvalue weighted by molar-refractivity contribution is 5.95. The van der Waals surface area contributed by atoms with Gasteiger partial charge in [0.05, 0.1) is 17.6 Å². The van der Waals surface area contributed by atoms with Gasteiger partial charge in [-0.1, -0.05) is 0 Å². The molecule has 1 saturated carbocycles. The molecule has 20 heavy (non-hydrogen) atoms. The number of nitrogens with zero attached hydrogens (tertiary/aromatic N) is 1. The van der Waals surface area contributed by atoms with E-state index in [9.17, 15) is 18.0 Å². The lowest BCUT2D eigenvalue weighted by atomic mass is 10.0. The van der Waals surface area contributed by atoms with E-state index in [1.807, 2.05) is 6.07 Å². The number of phenolic OH excluding ortho intramolecular Hbond substituents is 1. The van der Waals surface area contributed by atoms with E-state index in [-0.39, 0.29) is 5.92 Å². The van der Waals surface area contributed by atoms with Crippen LogP contribution in [0.5, 0.6) is 5.75 Å². The van der Waals surface area contributed by atoms with Crippen molar-refractivity contribution in [3.8, 4) is 11.8 Å². The molecule has 0 bridgehead atoms. The van der Waals surface area contributed by atoms with Crippen LogP contribution in [-0.4, -0.2) is 17.1 Å². The molecule has 0 aromatic heterocycles. The van der Waals surface area contributed by atoms with Crippen molar-refractivity contribution in [3.05, 3.63) is 29.1 Å². The highest BCUT2D eigenvalue weighted by Gasteiger charge is 2.30. The first-order chi connectivity index (χ1) is 9.45. The van der Waals surface area contributed by atoms with E-state index < -0.39 is 40.7 Å². The second-order valence-electron chi connectivity index (χ2n) is 4.63. The SMILES string of the molecule is N#CC1CCCC1NC(=O)c1cc(F)c(F)c(O)c1F. The normalized spacial score (nSPS) is 21.5. The van der Waals surface area contributed by atoms with Crippen LogP contribution in [-0.2, 0) is 0 Å². The average molecular weight is 284 g/mol. The third-order valence-electron chi connectivity index (χ3n) is 3.38. The zero-order valence-corrected chi connectivity index (χ0v) is 10.3. The Labute approximate surface area is 112 Å². The summed E-state index contributed by atoms with van der Waals surface area (Å²) in [6, 6.07) is 1.95. The van der Waals surface area contributed by atoms with E-state index in [4.69, 9.17) is 10.4 Å². The van der Waals surface area contributed by atoms with Gasteiger partial charge in [0.15, 0.2) is 17.4 Å². The average Bonchev–Trinajstić information content (AvgIpc) is 2.87. The lowest BCUT2D eigenvalue weighted by molar-refractivity contribution is 0.0927. The van der Waals surface area contributed by atoms with Crippen LogP contribution in [0.25, 0.3) is 0 Å². The predicted molar refractivity (Wildman–Crippen MR) is 62.2 cm³/mol. The van der Waals surface area contributed by atoms with Crippen molar-refractivity contribution in [3.63, 3.8) is 0 Å². The number of amides is 1. The maximum Gasteiger partial charge on any atom is 0.254 e. The Morgan fingerprint density at radius 1 is 1.35 bits per heavy atom. The van der Waals surface area contributed by atoms with Gasteiger partial charge in [0.1, 0.15) is 0 Å². The molecule has 4 nitrogen and oxygen atoms in total. The highest BCUT2D eigenvalue weighted by Crippen LogP contribution is 2.28. The van der Waals surface area contributed by atoms with Crippen molar-refractivity contribution in [2.24, 2.45) is 5.92 Å². The van der Waals surface area contributed by atoms with Gasteiger partial charge in [-0.3, -0.25) is 4.79 Å². The van der Waals surface area contributed by atoms with E-state index in [0.717, 1.165) is 6.42 Å². The standard InChI is InChI=1S/C13H11F3N2O2/c14-8-4-7(10(15)12(19)11(8)16)13(20)18-9-3-1-2-6(9)5-17/h4,6,9,19H,1-3H2,(H,18,20). The van der Waals surface area contributed by atoms with Crippen LogP contribution >= 0.6 is 0 Å². The van der Waals surface area contributed by atoms with Gasteiger partial charge in [-0.15, -0.1) is 0 Å². The Kier molecular flexibility index (Phi) is 3.84. The molecule has 106 valence electrons. The second kappa shape index (κ2) is 5.41. The number of benzene rings is 1. The Balaban J connectivity index is 2.24. The molecule has 1 aromatic carbocycles. The van der Waals surface area contributed by atoms with Crippen molar-refractivity contribution in [1.29, 1.82) is 5.26 Å². The molecule has 0 heterocycles. The minimum Gasteiger partial charge on any atom is -0.503 e. The smallest absolute Gasteiger partial charge is 0.254 e. The molecule has 1 aliphatic carbocycles. The van der Waals surface area contributed by atoms with Gasteiger partial charge in [0, 0.05) is 6.04 Å². The number of phenols is 1. The summed E-state index contributed by atoms with van der Waals surface area (Å²) in [5.41, 5.74) is -0.787. The van der Waals surface area contributed by atoms with Crippen molar-refractivity contribution < 1.29 is 23.1 Å². The van der Waals surface area contributed by atoms with Crippen LogP contribution in [0.15, 0.2) is 6.07 Å². The van der Waals surface area contributed by atoms with Crippen molar-refractivity contribution in [1.82, 2.24) is 5.32 Å².